The molecule has 1 rings (SSSR count). The molecule has 21 heavy (non-hydrogen) atoms. The van der Waals surface area contributed by atoms with Gasteiger partial charge in [0, 0.05) is 6.42 Å². The maximum atomic E-state index is 6.26. The summed E-state index contributed by atoms with van der Waals surface area (Å²) in [6.45, 7) is 18.0. The van der Waals surface area contributed by atoms with Crippen molar-refractivity contribution in [3.05, 3.63) is 12.2 Å². The van der Waals surface area contributed by atoms with E-state index in [1.165, 1.54) is 24.8 Å². The average molecular weight is 307 g/mol. The van der Waals surface area contributed by atoms with Crippen LogP contribution in [-0.2, 0) is 4.43 Å². The Morgan fingerprint density at radius 3 is 2.14 bits per heavy atom. The van der Waals surface area contributed by atoms with Gasteiger partial charge in [0.05, 0.1) is 6.11 Å². The lowest BCUT2D eigenvalue weighted by Crippen LogP contribution is -2.46. The van der Waals surface area contributed by atoms with Gasteiger partial charge in [0.25, 0.3) is 8.32 Å². The second-order valence-electron chi connectivity index (χ2n) is 7.48. The molecule has 1 aliphatic rings. The fourth-order valence-corrected chi connectivity index (χ4v) is 9.06. The molecule has 0 aromatic heterocycles. The van der Waals surface area contributed by atoms with Crippen LogP contribution in [0.25, 0.3) is 0 Å². The standard InChI is InChI=1S/C19H34OSi/c1-15(2)21(16(3)4,17(5)6)20-14-9-8-12-19-13-10-11-18(19)7/h15-17,19H,7-8,10-13H2,1-6H3. The van der Waals surface area contributed by atoms with Crippen molar-refractivity contribution in [1.29, 1.82) is 0 Å². The first kappa shape index (κ1) is 18.4. The highest BCUT2D eigenvalue weighted by Gasteiger charge is 2.46. The minimum atomic E-state index is -1.81. The summed E-state index contributed by atoms with van der Waals surface area (Å²) < 4.78 is 6.26. The molecule has 0 heterocycles. The largest absolute Gasteiger partial charge is 0.500 e. The molecule has 1 fully saturated rings. The van der Waals surface area contributed by atoms with Crippen molar-refractivity contribution >= 4 is 8.32 Å². The molecular weight excluding hydrogens is 272 g/mol. The molecule has 0 bridgehead atoms. The maximum absolute atomic E-state index is 6.26. The van der Waals surface area contributed by atoms with Crippen LogP contribution >= 0.6 is 0 Å². The Hall–Kier alpha value is -0.683. The molecule has 0 aromatic rings. The van der Waals surface area contributed by atoms with Crippen LogP contribution in [0.1, 0.15) is 73.6 Å². The van der Waals surface area contributed by atoms with Crippen LogP contribution in [0.4, 0.5) is 0 Å². The van der Waals surface area contributed by atoms with Crippen LogP contribution in [0.3, 0.4) is 0 Å². The first-order valence-electron chi connectivity index (χ1n) is 8.65. The molecule has 0 amide bonds. The van der Waals surface area contributed by atoms with Crippen molar-refractivity contribution < 1.29 is 4.43 Å². The van der Waals surface area contributed by atoms with Crippen LogP contribution in [0.15, 0.2) is 12.2 Å². The van der Waals surface area contributed by atoms with Gasteiger partial charge in [-0.3, -0.25) is 0 Å². The van der Waals surface area contributed by atoms with E-state index < -0.39 is 8.32 Å². The second-order valence-corrected chi connectivity index (χ2v) is 12.9. The van der Waals surface area contributed by atoms with Crippen molar-refractivity contribution in [2.45, 2.75) is 90.3 Å². The molecule has 1 unspecified atom stereocenters. The highest BCUT2D eigenvalue weighted by atomic mass is 28.4. The molecule has 120 valence electrons. The van der Waals surface area contributed by atoms with Gasteiger partial charge in [-0.25, -0.2) is 0 Å². The van der Waals surface area contributed by atoms with E-state index >= 15 is 0 Å². The van der Waals surface area contributed by atoms with Crippen molar-refractivity contribution in [2.75, 3.05) is 0 Å². The van der Waals surface area contributed by atoms with Gasteiger partial charge >= 0.3 is 0 Å². The average Bonchev–Trinajstić information content (AvgIpc) is 2.78. The van der Waals surface area contributed by atoms with Crippen molar-refractivity contribution in [1.82, 2.24) is 0 Å². The molecule has 0 aliphatic heterocycles. The van der Waals surface area contributed by atoms with Gasteiger partial charge in [0.1, 0.15) is 0 Å². The molecule has 0 radical (unpaired) electrons. The first-order valence-corrected chi connectivity index (χ1v) is 10.8. The van der Waals surface area contributed by atoms with E-state index in [2.05, 4.69) is 60.1 Å². The third kappa shape index (κ3) is 4.39. The summed E-state index contributed by atoms with van der Waals surface area (Å²) >= 11 is 0. The SMILES string of the molecule is C=C1CCCC1CCC#CO[Si](C(C)C)(C(C)C)C(C)C. The lowest BCUT2D eigenvalue weighted by Gasteiger charge is -2.39. The Labute approximate surface area is 133 Å². The molecule has 0 saturated heterocycles. The third-order valence-corrected chi connectivity index (χ3v) is 11.1. The summed E-state index contributed by atoms with van der Waals surface area (Å²) in [5, 5.41) is 0. The summed E-state index contributed by atoms with van der Waals surface area (Å²) in [5.41, 5.74) is 3.23. The van der Waals surface area contributed by atoms with Crippen LogP contribution in [-0.4, -0.2) is 8.32 Å². The summed E-state index contributed by atoms with van der Waals surface area (Å²) in [5.74, 6) is 3.98. The molecule has 1 aliphatic carbocycles. The Morgan fingerprint density at radius 2 is 1.71 bits per heavy atom. The molecule has 1 atom stereocenters. The van der Waals surface area contributed by atoms with Gasteiger partial charge in [0.2, 0.25) is 0 Å². The summed E-state index contributed by atoms with van der Waals surface area (Å²) in [4.78, 5) is 0. The number of hydrogen-bond acceptors (Lipinski definition) is 1. The van der Waals surface area contributed by atoms with Crippen molar-refractivity contribution in [3.8, 4) is 12.0 Å². The highest BCUT2D eigenvalue weighted by molar-refractivity contribution is 6.77. The maximum Gasteiger partial charge on any atom is 0.272 e. The Balaban J connectivity index is 2.58. The van der Waals surface area contributed by atoms with E-state index in [1.807, 2.05) is 0 Å². The molecule has 0 spiro atoms. The lowest BCUT2D eigenvalue weighted by atomic mass is 9.99. The summed E-state index contributed by atoms with van der Waals surface area (Å²) in [6, 6.07) is 0. The molecule has 0 N–H and O–H groups in total. The summed E-state index contributed by atoms with van der Waals surface area (Å²) in [6.07, 6.45) is 9.05. The number of rotatable bonds is 6. The normalized spacial score (nSPS) is 19.3. The molecule has 2 heteroatoms. The van der Waals surface area contributed by atoms with Gasteiger partial charge in [-0.05, 0) is 48.2 Å². The predicted octanol–water partition coefficient (Wildman–Crippen LogP) is 6.28. The Bertz CT molecular complexity index is 376. The van der Waals surface area contributed by atoms with Crippen LogP contribution in [0.2, 0.25) is 16.6 Å². The minimum absolute atomic E-state index is 0.599. The minimum Gasteiger partial charge on any atom is -0.500 e. The van der Waals surface area contributed by atoms with Gasteiger partial charge in [-0.15, -0.1) is 0 Å². The number of hydrogen-bond donors (Lipinski definition) is 0. The van der Waals surface area contributed by atoms with Crippen LogP contribution < -0.4 is 0 Å². The fourth-order valence-electron chi connectivity index (χ4n) is 4.11. The highest BCUT2D eigenvalue weighted by Crippen LogP contribution is 2.42. The molecule has 0 aromatic carbocycles. The second kappa shape index (κ2) is 8.08. The monoisotopic (exact) mass is 306 g/mol. The predicted molar refractivity (Wildman–Crippen MR) is 95.6 cm³/mol. The van der Waals surface area contributed by atoms with Gasteiger partial charge < -0.3 is 4.43 Å². The fraction of sp³-hybridized carbons (Fsp3) is 0.789. The zero-order valence-electron chi connectivity index (χ0n) is 15.0. The van der Waals surface area contributed by atoms with Crippen molar-refractivity contribution in [2.24, 2.45) is 5.92 Å². The summed E-state index contributed by atoms with van der Waals surface area (Å²) in [7, 11) is -1.81. The van der Waals surface area contributed by atoms with E-state index in [4.69, 9.17) is 4.43 Å². The first-order chi connectivity index (χ1) is 9.82. The van der Waals surface area contributed by atoms with Gasteiger partial charge in [-0.2, -0.15) is 0 Å². The van der Waals surface area contributed by atoms with Crippen LogP contribution in [0, 0.1) is 17.9 Å². The smallest absolute Gasteiger partial charge is 0.272 e. The third-order valence-electron chi connectivity index (χ3n) is 5.25. The molecule has 1 saturated carbocycles. The topological polar surface area (TPSA) is 9.23 Å². The zero-order chi connectivity index (χ0) is 16.0. The Kier molecular flexibility index (Phi) is 7.07. The van der Waals surface area contributed by atoms with E-state index in [1.54, 1.807) is 0 Å². The van der Waals surface area contributed by atoms with E-state index in [9.17, 15) is 0 Å². The van der Waals surface area contributed by atoms with Gasteiger partial charge in [0.15, 0.2) is 0 Å². The molecular formula is C19H34OSi. The van der Waals surface area contributed by atoms with Gasteiger partial charge in [-0.1, -0.05) is 59.6 Å². The molecule has 1 nitrogen and oxygen atoms in total. The van der Waals surface area contributed by atoms with Crippen molar-refractivity contribution in [3.63, 3.8) is 0 Å². The zero-order valence-corrected chi connectivity index (χ0v) is 16.0. The Morgan fingerprint density at radius 1 is 1.14 bits per heavy atom. The van der Waals surface area contributed by atoms with Crippen LogP contribution in [0.5, 0.6) is 0 Å². The lowest BCUT2D eigenvalue weighted by molar-refractivity contribution is 0.446. The van der Waals surface area contributed by atoms with E-state index in [0.717, 1.165) is 12.8 Å². The van der Waals surface area contributed by atoms with E-state index in [0.29, 0.717) is 22.5 Å². The number of allylic oxidation sites excluding steroid dienone is 1. The quantitative estimate of drug-likeness (QED) is 0.319. The van der Waals surface area contributed by atoms with E-state index in [-0.39, 0.29) is 0 Å².